The highest BCUT2D eigenvalue weighted by molar-refractivity contribution is 5.90. The quantitative estimate of drug-likeness (QED) is 0.444. The summed E-state index contributed by atoms with van der Waals surface area (Å²) in [5, 5.41) is 11.3. The molecule has 0 radical (unpaired) electrons. The van der Waals surface area contributed by atoms with Crippen molar-refractivity contribution in [2.24, 2.45) is 5.73 Å². The summed E-state index contributed by atoms with van der Waals surface area (Å²) >= 11 is 0. The zero-order chi connectivity index (χ0) is 15.0. The van der Waals surface area contributed by atoms with Crippen LogP contribution in [0.4, 0.5) is 5.69 Å². The van der Waals surface area contributed by atoms with E-state index in [1.807, 2.05) is 6.92 Å². The van der Waals surface area contributed by atoms with Crippen molar-refractivity contribution in [2.45, 2.75) is 38.6 Å². The molecule has 0 aromatic heterocycles. The zero-order valence-corrected chi connectivity index (χ0v) is 11.6. The number of carbonyl (C=O) groups is 2. The van der Waals surface area contributed by atoms with Crippen molar-refractivity contribution in [1.82, 2.24) is 5.48 Å². The molecule has 0 saturated heterocycles. The fourth-order valence-electron chi connectivity index (χ4n) is 1.71. The van der Waals surface area contributed by atoms with Gasteiger partial charge in [0.15, 0.2) is 0 Å². The maximum Gasteiger partial charge on any atom is 0.260 e. The van der Waals surface area contributed by atoms with Crippen molar-refractivity contribution in [3.63, 3.8) is 0 Å². The number of hydroxylamine groups is 1. The van der Waals surface area contributed by atoms with E-state index >= 15 is 0 Å². The molecule has 6 nitrogen and oxygen atoms in total. The maximum absolute atomic E-state index is 11.6. The third-order valence-corrected chi connectivity index (χ3v) is 2.90. The van der Waals surface area contributed by atoms with Gasteiger partial charge in [-0.1, -0.05) is 25.5 Å². The minimum absolute atomic E-state index is 0.00374. The van der Waals surface area contributed by atoms with Crippen LogP contribution in [0, 0.1) is 0 Å². The van der Waals surface area contributed by atoms with Gasteiger partial charge in [-0.05, 0) is 30.5 Å². The van der Waals surface area contributed by atoms with Crippen molar-refractivity contribution in [3.05, 3.63) is 29.8 Å². The molecule has 110 valence electrons. The highest BCUT2D eigenvalue weighted by Crippen LogP contribution is 2.11. The van der Waals surface area contributed by atoms with Crippen LogP contribution in [0.3, 0.4) is 0 Å². The lowest BCUT2D eigenvalue weighted by Gasteiger charge is -2.10. The van der Waals surface area contributed by atoms with E-state index in [-0.39, 0.29) is 5.91 Å². The summed E-state index contributed by atoms with van der Waals surface area (Å²) < 4.78 is 0. The molecule has 0 fully saturated rings. The predicted molar refractivity (Wildman–Crippen MR) is 76.2 cm³/mol. The zero-order valence-electron chi connectivity index (χ0n) is 11.6. The van der Waals surface area contributed by atoms with Crippen LogP contribution < -0.4 is 16.5 Å². The molecule has 0 bridgehead atoms. The Morgan fingerprint density at radius 2 is 1.95 bits per heavy atom. The lowest BCUT2D eigenvalue weighted by Crippen LogP contribution is -2.40. The Morgan fingerprint density at radius 3 is 2.50 bits per heavy atom. The minimum atomic E-state index is -0.801. The van der Waals surface area contributed by atoms with E-state index in [4.69, 9.17) is 10.9 Å². The molecule has 0 aliphatic carbocycles. The SMILES string of the molecule is CCCCC(=O)Nc1ccc(CC(N)C(=O)NO)cc1. The van der Waals surface area contributed by atoms with Gasteiger partial charge in [0.25, 0.3) is 5.91 Å². The molecule has 5 N–H and O–H groups in total. The second-order valence-electron chi connectivity index (χ2n) is 4.64. The van der Waals surface area contributed by atoms with Gasteiger partial charge >= 0.3 is 0 Å². The maximum atomic E-state index is 11.6. The van der Waals surface area contributed by atoms with E-state index in [0.29, 0.717) is 12.8 Å². The van der Waals surface area contributed by atoms with E-state index in [1.165, 1.54) is 5.48 Å². The first-order valence-electron chi connectivity index (χ1n) is 6.65. The van der Waals surface area contributed by atoms with Gasteiger partial charge in [0, 0.05) is 12.1 Å². The van der Waals surface area contributed by atoms with Crippen LogP contribution in [0.5, 0.6) is 0 Å². The van der Waals surface area contributed by atoms with Crippen LogP contribution in [-0.2, 0) is 16.0 Å². The first-order valence-corrected chi connectivity index (χ1v) is 6.65. The van der Waals surface area contributed by atoms with Gasteiger partial charge in [-0.3, -0.25) is 14.8 Å². The topological polar surface area (TPSA) is 104 Å². The van der Waals surface area contributed by atoms with Crippen molar-refractivity contribution in [3.8, 4) is 0 Å². The Labute approximate surface area is 118 Å². The molecule has 2 amide bonds. The van der Waals surface area contributed by atoms with E-state index in [9.17, 15) is 9.59 Å². The number of benzene rings is 1. The van der Waals surface area contributed by atoms with Gasteiger partial charge < -0.3 is 11.1 Å². The average Bonchev–Trinajstić information content (AvgIpc) is 2.46. The predicted octanol–water partition coefficient (Wildman–Crippen LogP) is 1.19. The lowest BCUT2D eigenvalue weighted by molar-refractivity contribution is -0.130. The monoisotopic (exact) mass is 279 g/mol. The minimum Gasteiger partial charge on any atom is -0.326 e. The van der Waals surface area contributed by atoms with E-state index in [0.717, 1.165) is 24.1 Å². The molecule has 0 saturated carbocycles. The van der Waals surface area contributed by atoms with Crippen molar-refractivity contribution in [2.75, 3.05) is 5.32 Å². The molecule has 6 heteroatoms. The first kappa shape index (κ1) is 16.1. The number of nitrogens with two attached hydrogens (primary N) is 1. The first-order chi connectivity index (χ1) is 9.56. The summed E-state index contributed by atoms with van der Waals surface area (Å²) in [6, 6.07) is 6.32. The third-order valence-electron chi connectivity index (χ3n) is 2.90. The van der Waals surface area contributed by atoms with Gasteiger partial charge in [-0.15, -0.1) is 0 Å². The van der Waals surface area contributed by atoms with Crippen LogP contribution in [0.1, 0.15) is 31.7 Å². The van der Waals surface area contributed by atoms with Crippen LogP contribution in [0.2, 0.25) is 0 Å². The molecular weight excluding hydrogens is 258 g/mol. The number of hydrogen-bond acceptors (Lipinski definition) is 4. The number of rotatable bonds is 7. The molecule has 1 unspecified atom stereocenters. The second kappa shape index (κ2) is 8.29. The Bertz CT molecular complexity index is 445. The molecule has 0 spiro atoms. The molecule has 1 aromatic rings. The van der Waals surface area contributed by atoms with Gasteiger partial charge in [0.2, 0.25) is 5.91 Å². The normalized spacial score (nSPS) is 11.8. The van der Waals surface area contributed by atoms with Crippen LogP contribution in [0.25, 0.3) is 0 Å². The fourth-order valence-corrected chi connectivity index (χ4v) is 1.71. The molecule has 0 aliphatic rings. The summed E-state index contributed by atoms with van der Waals surface area (Å²) in [6.07, 6.45) is 2.68. The largest absolute Gasteiger partial charge is 0.326 e. The molecule has 0 heterocycles. The van der Waals surface area contributed by atoms with Crippen molar-refractivity contribution < 1.29 is 14.8 Å². The fraction of sp³-hybridized carbons (Fsp3) is 0.429. The molecule has 20 heavy (non-hydrogen) atoms. The van der Waals surface area contributed by atoms with Crippen LogP contribution >= 0.6 is 0 Å². The smallest absolute Gasteiger partial charge is 0.260 e. The number of anilines is 1. The Kier molecular flexibility index (Phi) is 6.69. The number of nitrogens with one attached hydrogen (secondary N) is 2. The van der Waals surface area contributed by atoms with Crippen LogP contribution in [-0.4, -0.2) is 23.1 Å². The molecule has 1 rings (SSSR count). The van der Waals surface area contributed by atoms with E-state index < -0.39 is 11.9 Å². The Hall–Kier alpha value is -1.92. The van der Waals surface area contributed by atoms with Gasteiger partial charge in [-0.25, -0.2) is 5.48 Å². The van der Waals surface area contributed by atoms with Gasteiger partial charge in [-0.2, -0.15) is 0 Å². The summed E-state index contributed by atoms with van der Waals surface area (Å²) in [5.74, 6) is -0.627. The van der Waals surface area contributed by atoms with Gasteiger partial charge in [0.05, 0.1) is 6.04 Å². The standard InChI is InChI=1S/C14H21N3O3/c1-2-3-4-13(18)16-11-7-5-10(6-8-11)9-12(15)14(19)17-20/h5-8,12,20H,2-4,9,15H2,1H3,(H,16,18)(H,17,19). The summed E-state index contributed by atoms with van der Waals surface area (Å²) in [6.45, 7) is 2.04. The average molecular weight is 279 g/mol. The lowest BCUT2D eigenvalue weighted by atomic mass is 10.1. The van der Waals surface area contributed by atoms with E-state index in [1.54, 1.807) is 24.3 Å². The second-order valence-corrected chi connectivity index (χ2v) is 4.64. The summed E-state index contributed by atoms with van der Waals surface area (Å²) in [7, 11) is 0. The van der Waals surface area contributed by atoms with Crippen molar-refractivity contribution in [1.29, 1.82) is 0 Å². The number of carbonyl (C=O) groups excluding carboxylic acids is 2. The number of hydrogen-bond donors (Lipinski definition) is 4. The molecule has 1 atom stereocenters. The summed E-state index contributed by atoms with van der Waals surface area (Å²) in [5.41, 5.74) is 8.68. The highest BCUT2D eigenvalue weighted by Gasteiger charge is 2.12. The van der Waals surface area contributed by atoms with Crippen molar-refractivity contribution >= 4 is 17.5 Å². The van der Waals surface area contributed by atoms with Gasteiger partial charge in [0.1, 0.15) is 0 Å². The molecular formula is C14H21N3O3. The Morgan fingerprint density at radius 1 is 1.30 bits per heavy atom. The summed E-state index contributed by atoms with van der Waals surface area (Å²) in [4.78, 5) is 22.6. The number of unbranched alkanes of at least 4 members (excludes halogenated alkanes) is 1. The highest BCUT2D eigenvalue weighted by atomic mass is 16.5. The van der Waals surface area contributed by atoms with Crippen LogP contribution in [0.15, 0.2) is 24.3 Å². The van der Waals surface area contributed by atoms with E-state index in [2.05, 4.69) is 5.32 Å². The Balaban J connectivity index is 2.52. The molecule has 1 aromatic carbocycles. The molecule has 0 aliphatic heterocycles. The number of amides is 2. The third kappa shape index (κ3) is 5.38.